The van der Waals surface area contributed by atoms with Crippen LogP contribution in [-0.4, -0.2) is 29.7 Å². The van der Waals surface area contributed by atoms with Gasteiger partial charge in [-0.2, -0.15) is 0 Å². The van der Waals surface area contributed by atoms with Crippen LogP contribution in [0.25, 0.3) is 0 Å². The quantitative estimate of drug-likeness (QED) is 0.319. The molecule has 0 bridgehead atoms. The minimum atomic E-state index is -0.500. The number of nitro benzene ring substituents is 1. The maximum atomic E-state index is 12.8. The molecule has 2 aromatic carbocycles. The van der Waals surface area contributed by atoms with Gasteiger partial charge < -0.3 is 10.1 Å². The summed E-state index contributed by atoms with van der Waals surface area (Å²) in [7, 11) is 0. The summed E-state index contributed by atoms with van der Waals surface area (Å²) in [4.78, 5) is 22.7. The van der Waals surface area contributed by atoms with Gasteiger partial charge >= 0.3 is 0 Å². The van der Waals surface area contributed by atoms with E-state index in [-0.39, 0.29) is 24.0 Å². The van der Waals surface area contributed by atoms with Gasteiger partial charge in [0, 0.05) is 23.6 Å². The second-order valence-corrected chi connectivity index (χ2v) is 6.21. The fraction of sp³-hybridized carbons (Fsp3) is 0.235. The third kappa shape index (κ3) is 6.80. The second-order valence-electron chi connectivity index (χ2n) is 5.05. The number of carbonyl (C=O) groups excluding carboxylic acids is 1. The Labute approximate surface area is 148 Å². The first-order chi connectivity index (χ1) is 12.0. The van der Waals surface area contributed by atoms with Crippen LogP contribution in [-0.2, 0) is 4.79 Å². The third-order valence-electron chi connectivity index (χ3n) is 3.14. The van der Waals surface area contributed by atoms with Crippen LogP contribution in [0, 0.1) is 15.9 Å². The van der Waals surface area contributed by atoms with Crippen molar-refractivity contribution in [3.63, 3.8) is 0 Å². The molecule has 0 saturated carbocycles. The second kappa shape index (κ2) is 9.63. The van der Waals surface area contributed by atoms with E-state index in [0.29, 0.717) is 12.3 Å². The van der Waals surface area contributed by atoms with Gasteiger partial charge in [-0.3, -0.25) is 14.9 Å². The molecular formula is C17H17FN2O4S. The van der Waals surface area contributed by atoms with E-state index in [1.807, 2.05) is 0 Å². The molecule has 0 spiro atoms. The summed E-state index contributed by atoms with van der Waals surface area (Å²) in [5.74, 6) is 0.678. The predicted octanol–water partition coefficient (Wildman–Crippen LogP) is 3.41. The van der Waals surface area contributed by atoms with Crippen molar-refractivity contribution in [3.05, 3.63) is 64.5 Å². The van der Waals surface area contributed by atoms with Crippen LogP contribution in [0.5, 0.6) is 5.75 Å². The number of hydrogen-bond donors (Lipinski definition) is 1. The lowest BCUT2D eigenvalue weighted by atomic mass is 10.3. The van der Waals surface area contributed by atoms with Crippen molar-refractivity contribution in [1.29, 1.82) is 0 Å². The molecule has 1 N–H and O–H groups in total. The predicted molar refractivity (Wildman–Crippen MR) is 93.3 cm³/mol. The van der Waals surface area contributed by atoms with Crippen LogP contribution in [0.3, 0.4) is 0 Å². The zero-order valence-electron chi connectivity index (χ0n) is 13.3. The van der Waals surface area contributed by atoms with Crippen molar-refractivity contribution in [2.45, 2.75) is 11.3 Å². The first-order valence-corrected chi connectivity index (χ1v) is 8.55. The van der Waals surface area contributed by atoms with Crippen molar-refractivity contribution in [3.8, 4) is 5.75 Å². The summed E-state index contributed by atoms with van der Waals surface area (Å²) >= 11 is 1.59. The minimum Gasteiger partial charge on any atom is -0.484 e. The summed E-state index contributed by atoms with van der Waals surface area (Å²) < 4.78 is 18.0. The molecule has 1 amide bonds. The number of benzene rings is 2. The molecule has 8 heteroatoms. The lowest BCUT2D eigenvalue weighted by Gasteiger charge is -2.07. The number of thioether (sulfide) groups is 1. The van der Waals surface area contributed by atoms with Gasteiger partial charge in [-0.25, -0.2) is 4.39 Å². The van der Waals surface area contributed by atoms with Gasteiger partial charge in [-0.15, -0.1) is 11.8 Å². The number of rotatable bonds is 9. The fourth-order valence-corrected chi connectivity index (χ4v) is 2.74. The molecule has 0 aromatic heterocycles. The third-order valence-corrected chi connectivity index (χ3v) is 4.24. The zero-order valence-corrected chi connectivity index (χ0v) is 14.1. The number of nitrogens with zero attached hydrogens (tertiary/aromatic N) is 1. The Balaban J connectivity index is 1.59. The standard InChI is InChI=1S/C17H17FN2O4S/c18-13-2-8-16(9-3-13)25-11-1-10-19-17(21)12-24-15-6-4-14(5-7-15)20(22)23/h2-9H,1,10-12H2,(H,19,21). The Bertz CT molecular complexity index is 708. The molecule has 0 radical (unpaired) electrons. The van der Waals surface area contributed by atoms with Gasteiger partial charge in [0.15, 0.2) is 6.61 Å². The van der Waals surface area contributed by atoms with Crippen LogP contribution in [0.15, 0.2) is 53.4 Å². The average Bonchev–Trinajstić information content (AvgIpc) is 2.61. The molecule has 2 aromatic rings. The highest BCUT2D eigenvalue weighted by Gasteiger charge is 2.06. The molecular weight excluding hydrogens is 347 g/mol. The van der Waals surface area contributed by atoms with E-state index in [2.05, 4.69) is 5.32 Å². The number of nitro groups is 1. The molecule has 0 aliphatic rings. The molecule has 0 aliphatic heterocycles. The van der Waals surface area contributed by atoms with Crippen LogP contribution in [0.4, 0.5) is 10.1 Å². The summed E-state index contributed by atoms with van der Waals surface area (Å²) in [5, 5.41) is 13.3. The average molecular weight is 364 g/mol. The van der Waals surface area contributed by atoms with E-state index in [4.69, 9.17) is 4.74 Å². The van der Waals surface area contributed by atoms with Gasteiger partial charge in [0.25, 0.3) is 11.6 Å². The molecule has 25 heavy (non-hydrogen) atoms. The summed E-state index contributed by atoms with van der Waals surface area (Å²) in [6.45, 7) is 0.361. The summed E-state index contributed by atoms with van der Waals surface area (Å²) in [6.07, 6.45) is 0.769. The highest BCUT2D eigenvalue weighted by atomic mass is 32.2. The molecule has 132 valence electrons. The van der Waals surface area contributed by atoms with E-state index in [1.54, 1.807) is 23.9 Å². The first-order valence-electron chi connectivity index (χ1n) is 7.57. The van der Waals surface area contributed by atoms with Crippen LogP contribution in [0.2, 0.25) is 0 Å². The monoisotopic (exact) mass is 364 g/mol. The lowest BCUT2D eigenvalue weighted by molar-refractivity contribution is -0.384. The number of ether oxygens (including phenoxy) is 1. The highest BCUT2D eigenvalue weighted by Crippen LogP contribution is 2.19. The number of amides is 1. The largest absolute Gasteiger partial charge is 0.484 e. The van der Waals surface area contributed by atoms with E-state index in [0.717, 1.165) is 17.1 Å². The Morgan fingerprint density at radius 2 is 1.84 bits per heavy atom. The van der Waals surface area contributed by atoms with Crippen molar-refractivity contribution < 1.29 is 18.8 Å². The highest BCUT2D eigenvalue weighted by molar-refractivity contribution is 7.99. The number of non-ortho nitro benzene ring substituents is 1. The molecule has 0 heterocycles. The number of carbonyl (C=O) groups is 1. The van der Waals surface area contributed by atoms with Gasteiger partial charge in [-0.1, -0.05) is 0 Å². The van der Waals surface area contributed by atoms with E-state index >= 15 is 0 Å². The SMILES string of the molecule is O=C(COc1ccc([N+](=O)[O-])cc1)NCCCSc1ccc(F)cc1. The topological polar surface area (TPSA) is 81.5 Å². The fourth-order valence-electron chi connectivity index (χ4n) is 1.88. The zero-order chi connectivity index (χ0) is 18.1. The molecule has 0 unspecified atom stereocenters. The van der Waals surface area contributed by atoms with Crippen molar-refractivity contribution >= 4 is 23.4 Å². The van der Waals surface area contributed by atoms with Crippen LogP contribution < -0.4 is 10.1 Å². The Morgan fingerprint density at radius 3 is 2.48 bits per heavy atom. The minimum absolute atomic E-state index is 0.0320. The smallest absolute Gasteiger partial charge is 0.269 e. The molecule has 0 fully saturated rings. The molecule has 6 nitrogen and oxygen atoms in total. The number of halogens is 1. The Kier molecular flexibility index (Phi) is 7.21. The maximum absolute atomic E-state index is 12.8. The van der Waals surface area contributed by atoms with Gasteiger partial charge in [-0.05, 0) is 48.6 Å². The molecule has 0 saturated heterocycles. The van der Waals surface area contributed by atoms with Crippen LogP contribution >= 0.6 is 11.8 Å². The van der Waals surface area contributed by atoms with E-state index < -0.39 is 4.92 Å². The van der Waals surface area contributed by atoms with Crippen molar-refractivity contribution in [2.24, 2.45) is 0 Å². The summed E-state index contributed by atoms with van der Waals surface area (Å²) in [5.41, 5.74) is -0.0320. The van der Waals surface area contributed by atoms with Crippen LogP contribution in [0.1, 0.15) is 6.42 Å². The van der Waals surface area contributed by atoms with E-state index in [1.165, 1.54) is 36.4 Å². The Morgan fingerprint density at radius 1 is 1.16 bits per heavy atom. The molecule has 0 aliphatic carbocycles. The normalized spacial score (nSPS) is 10.3. The van der Waals surface area contributed by atoms with Crippen molar-refractivity contribution in [1.82, 2.24) is 5.32 Å². The summed E-state index contributed by atoms with van der Waals surface area (Å²) in [6, 6.07) is 11.8. The first kappa shape index (κ1) is 18.7. The lowest BCUT2D eigenvalue weighted by Crippen LogP contribution is -2.29. The number of hydrogen-bond acceptors (Lipinski definition) is 5. The molecule has 2 rings (SSSR count). The van der Waals surface area contributed by atoms with E-state index in [9.17, 15) is 19.3 Å². The van der Waals surface area contributed by atoms with Gasteiger partial charge in [0.2, 0.25) is 0 Å². The maximum Gasteiger partial charge on any atom is 0.269 e. The van der Waals surface area contributed by atoms with Gasteiger partial charge in [0.05, 0.1) is 4.92 Å². The van der Waals surface area contributed by atoms with Crippen molar-refractivity contribution in [2.75, 3.05) is 18.9 Å². The van der Waals surface area contributed by atoms with Gasteiger partial charge in [0.1, 0.15) is 11.6 Å². The Hall–Kier alpha value is -2.61. The molecule has 0 atom stereocenters. The number of nitrogens with one attached hydrogen (secondary N) is 1.